The fourth-order valence-corrected chi connectivity index (χ4v) is 5.29. The number of carbonyl (C=O) groups excluding carboxylic acids is 1. The Morgan fingerprint density at radius 3 is 2.33 bits per heavy atom. The van der Waals surface area contributed by atoms with Gasteiger partial charge in [-0.05, 0) is 80.4 Å². The van der Waals surface area contributed by atoms with Gasteiger partial charge < -0.3 is 11.1 Å². The van der Waals surface area contributed by atoms with E-state index in [1.807, 2.05) is 25.1 Å². The SMILES string of the molecule is Cc1c(N)cccc1C(=O)NC1C2CC3CC(C2)CC1C3. The number of hydrogen-bond donors (Lipinski definition) is 2. The van der Waals surface area contributed by atoms with Crippen LogP contribution in [0, 0.1) is 30.6 Å². The van der Waals surface area contributed by atoms with Crippen LogP contribution >= 0.6 is 0 Å². The molecule has 3 N–H and O–H groups in total. The quantitative estimate of drug-likeness (QED) is 0.820. The first-order chi connectivity index (χ1) is 10.1. The van der Waals surface area contributed by atoms with Gasteiger partial charge in [0.05, 0.1) is 0 Å². The predicted octanol–water partition coefficient (Wildman–Crippen LogP) is 3.13. The minimum atomic E-state index is 0.0669. The molecule has 4 aliphatic rings. The second-order valence-electron chi connectivity index (χ2n) is 7.45. The molecule has 21 heavy (non-hydrogen) atoms. The number of benzene rings is 1. The predicted molar refractivity (Wildman–Crippen MR) is 83.9 cm³/mol. The minimum absolute atomic E-state index is 0.0669. The van der Waals surface area contributed by atoms with Gasteiger partial charge in [-0.15, -0.1) is 0 Å². The smallest absolute Gasteiger partial charge is 0.251 e. The molecule has 1 amide bonds. The lowest BCUT2D eigenvalue weighted by Gasteiger charge is -2.54. The molecular weight excluding hydrogens is 260 g/mol. The molecule has 3 heteroatoms. The molecule has 0 aromatic heterocycles. The molecule has 1 aromatic carbocycles. The molecule has 0 unspecified atom stereocenters. The molecule has 0 heterocycles. The van der Waals surface area contributed by atoms with E-state index in [2.05, 4.69) is 5.32 Å². The van der Waals surface area contributed by atoms with Crippen LogP contribution in [-0.2, 0) is 0 Å². The highest BCUT2D eigenvalue weighted by Gasteiger charge is 2.48. The molecule has 4 fully saturated rings. The molecule has 0 atom stereocenters. The van der Waals surface area contributed by atoms with Gasteiger partial charge in [-0.3, -0.25) is 4.79 Å². The minimum Gasteiger partial charge on any atom is -0.398 e. The number of anilines is 1. The van der Waals surface area contributed by atoms with Crippen LogP contribution in [0.3, 0.4) is 0 Å². The van der Waals surface area contributed by atoms with Crippen LogP contribution in [0.25, 0.3) is 0 Å². The van der Waals surface area contributed by atoms with Crippen molar-refractivity contribution in [3.05, 3.63) is 29.3 Å². The van der Waals surface area contributed by atoms with Crippen LogP contribution in [-0.4, -0.2) is 11.9 Å². The summed E-state index contributed by atoms with van der Waals surface area (Å²) in [6.45, 7) is 1.93. The Balaban J connectivity index is 1.53. The van der Waals surface area contributed by atoms with Gasteiger partial charge in [0.25, 0.3) is 5.91 Å². The van der Waals surface area contributed by atoms with Crippen LogP contribution in [0.15, 0.2) is 18.2 Å². The van der Waals surface area contributed by atoms with Crippen LogP contribution in [0.2, 0.25) is 0 Å². The van der Waals surface area contributed by atoms with Crippen molar-refractivity contribution in [1.29, 1.82) is 0 Å². The summed E-state index contributed by atoms with van der Waals surface area (Å²) in [5.74, 6) is 3.37. The lowest BCUT2D eigenvalue weighted by Crippen LogP contribution is -2.55. The summed E-state index contributed by atoms with van der Waals surface area (Å²) < 4.78 is 0. The molecule has 0 saturated heterocycles. The second kappa shape index (κ2) is 4.75. The first-order valence-electron chi connectivity index (χ1n) is 8.27. The van der Waals surface area contributed by atoms with E-state index in [0.717, 1.165) is 23.0 Å². The Bertz CT molecular complexity index is 553. The maximum atomic E-state index is 12.6. The van der Waals surface area contributed by atoms with Crippen molar-refractivity contribution >= 4 is 11.6 Å². The maximum Gasteiger partial charge on any atom is 0.251 e. The molecule has 3 nitrogen and oxygen atoms in total. The number of nitrogen functional groups attached to an aromatic ring is 1. The maximum absolute atomic E-state index is 12.6. The summed E-state index contributed by atoms with van der Waals surface area (Å²) in [7, 11) is 0. The van der Waals surface area contributed by atoms with Crippen molar-refractivity contribution < 1.29 is 4.79 Å². The van der Waals surface area contributed by atoms with Crippen LogP contribution in [0.1, 0.15) is 48.0 Å². The number of carbonyl (C=O) groups is 1. The number of nitrogens with two attached hydrogens (primary N) is 1. The third-order valence-electron chi connectivity index (χ3n) is 6.14. The third kappa shape index (κ3) is 2.14. The van der Waals surface area contributed by atoms with Crippen molar-refractivity contribution in [2.45, 2.75) is 45.1 Å². The van der Waals surface area contributed by atoms with Gasteiger partial charge in [0.2, 0.25) is 0 Å². The summed E-state index contributed by atoms with van der Waals surface area (Å²) in [5, 5.41) is 3.35. The first-order valence-corrected chi connectivity index (χ1v) is 8.27. The fourth-order valence-electron chi connectivity index (χ4n) is 5.29. The average molecular weight is 284 g/mol. The van der Waals surface area contributed by atoms with Crippen LogP contribution in [0.4, 0.5) is 5.69 Å². The largest absolute Gasteiger partial charge is 0.398 e. The van der Waals surface area contributed by atoms with Crippen LogP contribution in [0.5, 0.6) is 0 Å². The Morgan fingerprint density at radius 1 is 1.10 bits per heavy atom. The zero-order valence-electron chi connectivity index (χ0n) is 12.6. The van der Waals surface area contributed by atoms with E-state index in [4.69, 9.17) is 5.73 Å². The van der Waals surface area contributed by atoms with E-state index in [1.165, 1.54) is 32.1 Å². The molecule has 0 aliphatic heterocycles. The molecule has 1 aromatic rings. The number of amides is 1. The second-order valence-corrected chi connectivity index (χ2v) is 7.45. The van der Waals surface area contributed by atoms with E-state index >= 15 is 0 Å². The zero-order valence-corrected chi connectivity index (χ0v) is 12.6. The Morgan fingerprint density at radius 2 is 1.71 bits per heavy atom. The van der Waals surface area contributed by atoms with E-state index in [9.17, 15) is 4.79 Å². The van der Waals surface area contributed by atoms with Gasteiger partial charge in [0.1, 0.15) is 0 Å². The van der Waals surface area contributed by atoms with Crippen molar-refractivity contribution in [3.8, 4) is 0 Å². The summed E-state index contributed by atoms with van der Waals surface area (Å²) in [6.07, 6.45) is 6.76. The van der Waals surface area contributed by atoms with Gasteiger partial charge in [-0.2, -0.15) is 0 Å². The molecule has 5 rings (SSSR count). The summed E-state index contributed by atoms with van der Waals surface area (Å²) in [4.78, 5) is 12.6. The summed E-state index contributed by atoms with van der Waals surface area (Å²) >= 11 is 0. The average Bonchev–Trinajstić information content (AvgIpc) is 2.45. The molecular formula is C18H24N2O. The highest BCUT2D eigenvalue weighted by Crippen LogP contribution is 2.53. The number of nitrogens with one attached hydrogen (secondary N) is 1. The standard InChI is InChI=1S/C18H24N2O/c1-10-15(3-2-4-16(10)19)18(21)20-17-13-6-11-5-12(8-13)9-14(17)7-11/h2-4,11-14,17H,5-9,19H2,1H3,(H,20,21). The van der Waals surface area contributed by atoms with Gasteiger partial charge in [0.15, 0.2) is 0 Å². The first kappa shape index (κ1) is 13.2. The fraction of sp³-hybridized carbons (Fsp3) is 0.611. The highest BCUT2D eigenvalue weighted by atomic mass is 16.1. The highest BCUT2D eigenvalue weighted by molar-refractivity contribution is 5.97. The van der Waals surface area contributed by atoms with Crippen molar-refractivity contribution in [2.75, 3.05) is 5.73 Å². The monoisotopic (exact) mass is 284 g/mol. The Kier molecular flexibility index (Phi) is 2.98. The third-order valence-corrected chi connectivity index (χ3v) is 6.14. The summed E-state index contributed by atoms with van der Waals surface area (Å²) in [5.41, 5.74) is 8.27. The Hall–Kier alpha value is -1.51. The van der Waals surface area contributed by atoms with E-state index < -0.39 is 0 Å². The van der Waals surface area contributed by atoms with Crippen molar-refractivity contribution in [3.63, 3.8) is 0 Å². The summed E-state index contributed by atoms with van der Waals surface area (Å²) in [6, 6.07) is 6.01. The van der Waals surface area contributed by atoms with E-state index in [0.29, 0.717) is 23.6 Å². The van der Waals surface area contributed by atoms with Crippen molar-refractivity contribution in [1.82, 2.24) is 5.32 Å². The van der Waals surface area contributed by atoms with Gasteiger partial charge in [-0.25, -0.2) is 0 Å². The molecule has 4 saturated carbocycles. The van der Waals surface area contributed by atoms with Gasteiger partial charge in [-0.1, -0.05) is 6.07 Å². The molecule has 4 bridgehead atoms. The number of hydrogen-bond acceptors (Lipinski definition) is 2. The van der Waals surface area contributed by atoms with E-state index in [1.54, 1.807) is 0 Å². The van der Waals surface area contributed by atoms with Crippen LogP contribution < -0.4 is 11.1 Å². The van der Waals surface area contributed by atoms with Gasteiger partial charge in [0, 0.05) is 17.3 Å². The topological polar surface area (TPSA) is 55.1 Å². The molecule has 112 valence electrons. The number of rotatable bonds is 2. The normalized spacial score (nSPS) is 36.7. The van der Waals surface area contributed by atoms with E-state index in [-0.39, 0.29) is 5.91 Å². The molecule has 0 radical (unpaired) electrons. The molecule has 0 spiro atoms. The Labute approximate surface area is 126 Å². The zero-order chi connectivity index (χ0) is 14.6. The van der Waals surface area contributed by atoms with Gasteiger partial charge >= 0.3 is 0 Å². The lowest BCUT2D eigenvalue weighted by molar-refractivity contribution is -0.0119. The lowest BCUT2D eigenvalue weighted by atomic mass is 9.54. The van der Waals surface area contributed by atoms with Crippen molar-refractivity contribution in [2.24, 2.45) is 23.7 Å². The molecule has 4 aliphatic carbocycles.